The second-order valence-corrected chi connectivity index (χ2v) is 8.82. The molecule has 1 atom stereocenters. The first-order valence-corrected chi connectivity index (χ1v) is 10.3. The number of carbonyl (C=O) groups is 5. The van der Waals surface area contributed by atoms with Crippen LogP contribution in [0.25, 0.3) is 0 Å². The molecule has 0 aromatic heterocycles. The Morgan fingerprint density at radius 2 is 1.64 bits per heavy atom. The molecule has 1 heterocycles. The van der Waals surface area contributed by atoms with Crippen LogP contribution < -0.4 is 0 Å². The molecular formula is C17H18NO9S-. The van der Waals surface area contributed by atoms with Gasteiger partial charge in [-0.25, -0.2) is 13.2 Å². The number of amides is 2. The van der Waals surface area contributed by atoms with Crippen molar-refractivity contribution in [2.75, 3.05) is 0 Å². The van der Waals surface area contributed by atoms with Gasteiger partial charge in [0.25, 0.3) is 11.8 Å². The molecule has 10 nitrogen and oxygen atoms in total. The lowest BCUT2D eigenvalue weighted by atomic mass is 9.77. The van der Waals surface area contributed by atoms with Crippen molar-refractivity contribution in [3.8, 4) is 0 Å². The van der Waals surface area contributed by atoms with Gasteiger partial charge in [0.15, 0.2) is 11.6 Å². The van der Waals surface area contributed by atoms with Crippen molar-refractivity contribution >= 4 is 39.5 Å². The lowest BCUT2D eigenvalue weighted by Gasteiger charge is -2.28. The normalized spacial score (nSPS) is 29.0. The zero-order valence-corrected chi connectivity index (χ0v) is 15.6. The number of ketones is 2. The molecule has 0 aromatic rings. The molecular weight excluding hydrogens is 394 g/mol. The lowest BCUT2D eigenvalue weighted by Crippen LogP contribution is -2.39. The van der Waals surface area contributed by atoms with Gasteiger partial charge in [0.05, 0.1) is 18.3 Å². The minimum absolute atomic E-state index is 0.0655. The average molecular weight is 412 g/mol. The van der Waals surface area contributed by atoms with Crippen LogP contribution in [-0.2, 0) is 38.9 Å². The highest BCUT2D eigenvalue weighted by Crippen LogP contribution is 2.35. The molecule has 1 saturated heterocycles. The van der Waals surface area contributed by atoms with Crippen molar-refractivity contribution in [1.29, 1.82) is 0 Å². The van der Waals surface area contributed by atoms with Crippen molar-refractivity contribution in [2.45, 2.75) is 43.8 Å². The van der Waals surface area contributed by atoms with E-state index >= 15 is 0 Å². The van der Waals surface area contributed by atoms with Crippen molar-refractivity contribution in [3.05, 3.63) is 12.2 Å². The van der Waals surface area contributed by atoms with Gasteiger partial charge in [-0.15, -0.1) is 5.06 Å². The molecule has 0 spiro atoms. The summed E-state index contributed by atoms with van der Waals surface area (Å²) in [7, 11) is -5.02. The molecule has 0 bridgehead atoms. The molecule has 2 amide bonds. The number of carbonyl (C=O) groups excluding carboxylic acids is 5. The van der Waals surface area contributed by atoms with E-state index in [9.17, 15) is 36.9 Å². The number of nitrogens with zero attached hydrogens (tertiary/aromatic N) is 1. The van der Waals surface area contributed by atoms with Gasteiger partial charge in [0, 0.05) is 0 Å². The maximum absolute atomic E-state index is 12.2. The van der Waals surface area contributed by atoms with Crippen molar-refractivity contribution in [2.24, 2.45) is 17.8 Å². The number of hydrogen-bond acceptors (Lipinski definition) is 9. The van der Waals surface area contributed by atoms with Crippen molar-refractivity contribution < 1.29 is 41.8 Å². The van der Waals surface area contributed by atoms with E-state index in [4.69, 9.17) is 4.84 Å². The Morgan fingerprint density at radius 3 is 2.14 bits per heavy atom. The topological polar surface area (TPSA) is 155 Å². The number of hydroxylamine groups is 2. The fraction of sp³-hybridized carbons (Fsp3) is 0.588. The summed E-state index contributed by atoms with van der Waals surface area (Å²) >= 11 is 0. The van der Waals surface area contributed by atoms with Crippen LogP contribution in [0.1, 0.15) is 38.5 Å². The summed E-state index contributed by atoms with van der Waals surface area (Å²) in [5, 5.41) is -2.01. The Kier molecular flexibility index (Phi) is 5.48. The predicted molar refractivity (Wildman–Crippen MR) is 88.8 cm³/mol. The maximum atomic E-state index is 12.2. The zero-order valence-electron chi connectivity index (χ0n) is 14.7. The Hall–Kier alpha value is -2.40. The largest absolute Gasteiger partial charge is 0.747 e. The van der Waals surface area contributed by atoms with E-state index in [0.29, 0.717) is 32.1 Å². The highest BCUT2D eigenvalue weighted by Gasteiger charge is 2.46. The summed E-state index contributed by atoms with van der Waals surface area (Å²) < 4.78 is 33.0. The van der Waals surface area contributed by atoms with Gasteiger partial charge in [-0.1, -0.05) is 0 Å². The molecule has 1 saturated carbocycles. The van der Waals surface area contributed by atoms with Gasteiger partial charge in [0.2, 0.25) is 0 Å². The smallest absolute Gasteiger partial charge is 0.336 e. The van der Waals surface area contributed by atoms with E-state index in [1.54, 1.807) is 0 Å². The van der Waals surface area contributed by atoms with Crippen LogP contribution in [0.3, 0.4) is 0 Å². The third kappa shape index (κ3) is 4.04. The van der Waals surface area contributed by atoms with Gasteiger partial charge >= 0.3 is 5.97 Å². The molecule has 1 aliphatic heterocycles. The summed E-state index contributed by atoms with van der Waals surface area (Å²) in [5.74, 6) is -4.84. The molecule has 1 unspecified atom stereocenters. The minimum Gasteiger partial charge on any atom is -0.747 e. The van der Waals surface area contributed by atoms with Crippen LogP contribution >= 0.6 is 0 Å². The number of hydrogen-bond donors (Lipinski definition) is 0. The molecule has 28 heavy (non-hydrogen) atoms. The highest BCUT2D eigenvalue weighted by atomic mass is 32.2. The number of imide groups is 1. The standard InChI is InChI=1S/C17H19NO9S/c19-12-5-6-13(20)11(12)7-9-1-3-10(4-2-9)17(23)27-18-15(21)8-14(16(18)22)28(24,25)26/h5-6,9-11,14H,1-4,7-8H2,(H,24,25,26)/p-1. The van der Waals surface area contributed by atoms with Gasteiger partial charge < -0.3 is 9.39 Å². The maximum Gasteiger partial charge on any atom is 0.336 e. The number of rotatable bonds is 5. The van der Waals surface area contributed by atoms with Gasteiger partial charge in [0.1, 0.15) is 15.4 Å². The first-order valence-electron chi connectivity index (χ1n) is 8.87. The molecule has 152 valence electrons. The first-order chi connectivity index (χ1) is 13.1. The van der Waals surface area contributed by atoms with E-state index < -0.39 is 51.4 Å². The molecule has 0 N–H and O–H groups in total. The molecule has 0 aromatic carbocycles. The van der Waals surface area contributed by atoms with Crippen LogP contribution in [0, 0.1) is 17.8 Å². The van der Waals surface area contributed by atoms with Crippen molar-refractivity contribution in [1.82, 2.24) is 5.06 Å². The second kappa shape index (κ2) is 7.55. The van der Waals surface area contributed by atoms with E-state index in [0.717, 1.165) is 0 Å². The quantitative estimate of drug-likeness (QED) is 0.334. The molecule has 2 fully saturated rings. The fourth-order valence-corrected chi connectivity index (χ4v) is 4.49. The van der Waals surface area contributed by atoms with E-state index in [1.807, 2.05) is 0 Å². The van der Waals surface area contributed by atoms with E-state index in [-0.39, 0.29) is 22.5 Å². The van der Waals surface area contributed by atoms with Gasteiger partial charge in [-0.3, -0.25) is 19.2 Å². The summed E-state index contributed by atoms with van der Waals surface area (Å²) in [6.07, 6.45) is 4.01. The molecule has 3 rings (SSSR count). The van der Waals surface area contributed by atoms with E-state index in [1.165, 1.54) is 12.2 Å². The fourth-order valence-electron chi connectivity index (χ4n) is 3.80. The second-order valence-electron chi connectivity index (χ2n) is 7.27. The Morgan fingerprint density at radius 1 is 1.07 bits per heavy atom. The Balaban J connectivity index is 1.52. The third-order valence-corrected chi connectivity index (χ3v) is 6.50. The number of allylic oxidation sites excluding steroid dienone is 2. The summed E-state index contributed by atoms with van der Waals surface area (Å²) in [5.41, 5.74) is 0. The lowest BCUT2D eigenvalue weighted by molar-refractivity contribution is -0.201. The van der Waals surface area contributed by atoms with Gasteiger partial charge in [-0.2, -0.15) is 0 Å². The first kappa shape index (κ1) is 20.3. The zero-order chi connectivity index (χ0) is 20.6. The summed E-state index contributed by atoms with van der Waals surface area (Å²) in [6, 6.07) is 0. The predicted octanol–water partition coefficient (Wildman–Crippen LogP) is -0.362. The van der Waals surface area contributed by atoms with Crippen LogP contribution in [0.5, 0.6) is 0 Å². The van der Waals surface area contributed by atoms with Crippen LogP contribution in [0.15, 0.2) is 12.2 Å². The minimum atomic E-state index is -5.02. The third-order valence-electron chi connectivity index (χ3n) is 5.44. The molecule has 0 radical (unpaired) electrons. The SMILES string of the molecule is O=C(ON1C(=O)CC(S(=O)(=O)[O-])C1=O)C1CCC(CC2C(=O)C=CC2=O)CC1. The molecule has 3 aliphatic rings. The van der Waals surface area contributed by atoms with Gasteiger partial charge in [-0.05, 0) is 50.2 Å². The Labute approximate surface area is 160 Å². The summed E-state index contributed by atoms with van der Waals surface area (Å²) in [4.78, 5) is 63.9. The van der Waals surface area contributed by atoms with Crippen LogP contribution in [0.2, 0.25) is 0 Å². The molecule has 11 heteroatoms. The van der Waals surface area contributed by atoms with Crippen LogP contribution in [0.4, 0.5) is 0 Å². The van der Waals surface area contributed by atoms with Crippen LogP contribution in [-0.4, -0.2) is 52.6 Å². The Bertz CT molecular complexity index is 849. The monoisotopic (exact) mass is 412 g/mol. The van der Waals surface area contributed by atoms with E-state index in [2.05, 4.69) is 0 Å². The average Bonchev–Trinajstić information content (AvgIpc) is 3.09. The van der Waals surface area contributed by atoms with Crippen molar-refractivity contribution in [3.63, 3.8) is 0 Å². The molecule has 2 aliphatic carbocycles. The highest BCUT2D eigenvalue weighted by molar-refractivity contribution is 7.87. The summed E-state index contributed by atoms with van der Waals surface area (Å²) in [6.45, 7) is 0.